The van der Waals surface area contributed by atoms with E-state index in [1.165, 1.54) is 6.20 Å². The van der Waals surface area contributed by atoms with E-state index < -0.39 is 18.3 Å². The minimum atomic E-state index is -0.670. The molecule has 2 rings (SSSR count). The predicted molar refractivity (Wildman–Crippen MR) is 85.1 cm³/mol. The number of aliphatic hydroxyl groups is 1. The fraction of sp³-hybridized carbons (Fsp3) is 0.467. The first-order valence-corrected chi connectivity index (χ1v) is 7.30. The molecule has 0 amide bonds. The monoisotopic (exact) mass is 320 g/mol. The molecule has 1 fully saturated rings. The minimum absolute atomic E-state index is 0.246. The van der Waals surface area contributed by atoms with Crippen molar-refractivity contribution in [3.8, 4) is 6.07 Å². The maximum absolute atomic E-state index is 9.65. The van der Waals surface area contributed by atoms with Crippen molar-refractivity contribution in [1.29, 1.82) is 5.26 Å². The fourth-order valence-corrected chi connectivity index (χ4v) is 2.17. The maximum Gasteiger partial charge on any atom is 0.492 e. The van der Waals surface area contributed by atoms with Gasteiger partial charge in [-0.3, -0.25) is 0 Å². The van der Waals surface area contributed by atoms with E-state index in [1.54, 1.807) is 12.1 Å². The molecular formula is C15H18BClN2O3. The summed E-state index contributed by atoms with van der Waals surface area (Å²) >= 11 is 6.04. The van der Waals surface area contributed by atoms with Gasteiger partial charge in [0.15, 0.2) is 0 Å². The van der Waals surface area contributed by atoms with Gasteiger partial charge in [0.25, 0.3) is 0 Å². The zero-order valence-corrected chi connectivity index (χ0v) is 13.8. The normalized spacial score (nSPS) is 20.0. The molecule has 0 unspecified atom stereocenters. The van der Waals surface area contributed by atoms with E-state index in [4.69, 9.17) is 26.2 Å². The highest BCUT2D eigenvalue weighted by molar-refractivity contribution is 6.56. The van der Waals surface area contributed by atoms with Gasteiger partial charge in [0.05, 0.1) is 23.4 Å². The molecule has 1 aromatic heterocycles. The number of nitriles is 1. The molecule has 116 valence electrons. The number of aliphatic hydroxyl groups excluding tert-OH is 1. The smallest absolute Gasteiger partial charge is 0.400 e. The third-order valence-corrected chi connectivity index (χ3v) is 4.39. The Balaban J connectivity index is 2.36. The van der Waals surface area contributed by atoms with Crippen molar-refractivity contribution < 1.29 is 14.4 Å². The lowest BCUT2D eigenvalue weighted by Crippen LogP contribution is -2.41. The van der Waals surface area contributed by atoms with E-state index >= 15 is 0 Å². The van der Waals surface area contributed by atoms with Crippen molar-refractivity contribution >= 4 is 24.8 Å². The Morgan fingerprint density at radius 1 is 1.41 bits per heavy atom. The van der Waals surface area contributed by atoms with Gasteiger partial charge in [-0.05, 0) is 39.2 Å². The van der Waals surface area contributed by atoms with Gasteiger partial charge in [-0.25, -0.2) is 4.98 Å². The van der Waals surface area contributed by atoms with Gasteiger partial charge in [0.2, 0.25) is 0 Å². The molecule has 0 aromatic carbocycles. The molecule has 0 aliphatic carbocycles. The number of aromatic nitrogens is 1. The summed E-state index contributed by atoms with van der Waals surface area (Å²) in [4.78, 5) is 3.96. The van der Waals surface area contributed by atoms with Gasteiger partial charge in [-0.15, -0.1) is 0 Å². The van der Waals surface area contributed by atoms with Crippen LogP contribution < -0.4 is 0 Å². The van der Waals surface area contributed by atoms with Gasteiger partial charge in [-0.1, -0.05) is 17.7 Å². The Morgan fingerprint density at radius 3 is 2.50 bits per heavy atom. The van der Waals surface area contributed by atoms with Crippen LogP contribution in [0.2, 0.25) is 5.15 Å². The molecule has 1 saturated heterocycles. The van der Waals surface area contributed by atoms with Gasteiger partial charge < -0.3 is 14.4 Å². The molecule has 1 aromatic rings. The number of hydrogen-bond donors (Lipinski definition) is 1. The maximum atomic E-state index is 9.65. The van der Waals surface area contributed by atoms with Gasteiger partial charge >= 0.3 is 7.12 Å². The van der Waals surface area contributed by atoms with Crippen molar-refractivity contribution in [2.45, 2.75) is 38.9 Å². The molecule has 1 aliphatic heterocycles. The van der Waals surface area contributed by atoms with Crippen LogP contribution in [0.4, 0.5) is 0 Å². The SMILES string of the molecule is CC1(C)OB(C(=Cc2cc(C#N)cnc2Cl)CO)OC1(C)C. The number of halogens is 1. The highest BCUT2D eigenvalue weighted by Gasteiger charge is 2.52. The summed E-state index contributed by atoms with van der Waals surface area (Å²) in [5, 5.41) is 18.8. The molecule has 1 N–H and O–H groups in total. The van der Waals surface area contributed by atoms with E-state index in [0.29, 0.717) is 16.6 Å². The quantitative estimate of drug-likeness (QED) is 0.684. The largest absolute Gasteiger partial charge is 0.492 e. The Labute approximate surface area is 135 Å². The van der Waals surface area contributed by atoms with Crippen LogP contribution in [0, 0.1) is 11.3 Å². The lowest BCUT2D eigenvalue weighted by molar-refractivity contribution is 0.00578. The van der Waals surface area contributed by atoms with E-state index in [2.05, 4.69) is 4.98 Å². The summed E-state index contributed by atoms with van der Waals surface area (Å²) in [7, 11) is -0.670. The molecule has 5 nitrogen and oxygen atoms in total. The zero-order valence-electron chi connectivity index (χ0n) is 13.1. The average Bonchev–Trinajstić information content (AvgIpc) is 2.66. The van der Waals surface area contributed by atoms with Crippen molar-refractivity contribution in [2.75, 3.05) is 6.61 Å². The first kappa shape index (κ1) is 17.0. The van der Waals surface area contributed by atoms with Gasteiger partial charge in [0, 0.05) is 11.8 Å². The van der Waals surface area contributed by atoms with Gasteiger partial charge in [-0.2, -0.15) is 5.26 Å². The molecular weight excluding hydrogens is 302 g/mol. The second-order valence-corrected chi connectivity index (χ2v) is 6.54. The number of pyridine rings is 1. The lowest BCUT2D eigenvalue weighted by atomic mass is 9.77. The zero-order chi connectivity index (χ0) is 16.5. The summed E-state index contributed by atoms with van der Waals surface area (Å²) < 4.78 is 11.8. The van der Waals surface area contributed by atoms with Crippen molar-refractivity contribution in [2.24, 2.45) is 0 Å². The topological polar surface area (TPSA) is 75.4 Å². The van der Waals surface area contributed by atoms with E-state index in [0.717, 1.165) is 0 Å². The van der Waals surface area contributed by atoms with Crippen LogP contribution in [0.15, 0.2) is 17.7 Å². The molecule has 0 bridgehead atoms. The second-order valence-electron chi connectivity index (χ2n) is 6.18. The highest BCUT2D eigenvalue weighted by atomic mass is 35.5. The lowest BCUT2D eigenvalue weighted by Gasteiger charge is -2.32. The summed E-state index contributed by atoms with van der Waals surface area (Å²) in [5.74, 6) is 0. The predicted octanol–water partition coefficient (Wildman–Crippen LogP) is 2.61. The molecule has 0 saturated carbocycles. The first-order valence-electron chi connectivity index (χ1n) is 6.93. The molecule has 0 radical (unpaired) electrons. The fourth-order valence-electron chi connectivity index (χ4n) is 2.01. The van der Waals surface area contributed by atoms with Crippen LogP contribution in [0.1, 0.15) is 38.8 Å². The summed E-state index contributed by atoms with van der Waals surface area (Å²) in [6.07, 6.45) is 3.05. The minimum Gasteiger partial charge on any atom is -0.400 e. The van der Waals surface area contributed by atoms with Crippen molar-refractivity contribution in [3.63, 3.8) is 0 Å². The molecule has 2 heterocycles. The Hall–Kier alpha value is -1.39. The third kappa shape index (κ3) is 3.18. The number of hydrogen-bond acceptors (Lipinski definition) is 5. The summed E-state index contributed by atoms with van der Waals surface area (Å²) in [6.45, 7) is 7.50. The first-order chi connectivity index (χ1) is 10.2. The molecule has 0 spiro atoms. The van der Waals surface area contributed by atoms with Gasteiger partial charge in [0.1, 0.15) is 11.2 Å². The van der Waals surface area contributed by atoms with Crippen LogP contribution in [-0.4, -0.2) is 35.0 Å². The van der Waals surface area contributed by atoms with Crippen molar-refractivity contribution in [3.05, 3.63) is 34.0 Å². The van der Waals surface area contributed by atoms with E-state index in [9.17, 15) is 5.11 Å². The molecule has 7 heteroatoms. The molecule has 22 heavy (non-hydrogen) atoms. The highest BCUT2D eigenvalue weighted by Crippen LogP contribution is 2.38. The summed E-state index contributed by atoms with van der Waals surface area (Å²) in [6, 6.07) is 3.61. The van der Waals surface area contributed by atoms with E-state index in [1.807, 2.05) is 33.8 Å². The standard InChI is InChI=1S/C15H18BClN2O3/c1-14(2)15(3,4)22-16(21-14)12(9-20)6-11-5-10(7-18)8-19-13(11)17/h5-6,8,20H,9H2,1-4H3. The Morgan fingerprint density at radius 2 is 2.00 bits per heavy atom. The van der Waals surface area contributed by atoms with Crippen LogP contribution in [0.3, 0.4) is 0 Å². The van der Waals surface area contributed by atoms with Crippen LogP contribution in [0.25, 0.3) is 6.08 Å². The molecule has 1 aliphatic rings. The van der Waals surface area contributed by atoms with Crippen LogP contribution in [0.5, 0.6) is 0 Å². The second kappa shape index (κ2) is 6.02. The Kier molecular flexibility index (Phi) is 4.64. The third-order valence-electron chi connectivity index (χ3n) is 4.07. The summed E-state index contributed by atoms with van der Waals surface area (Å²) in [5.41, 5.74) is 0.462. The average molecular weight is 321 g/mol. The molecule has 0 atom stereocenters. The Bertz CT molecular complexity index is 637. The number of nitrogens with zero attached hydrogens (tertiary/aromatic N) is 2. The van der Waals surface area contributed by atoms with Crippen LogP contribution >= 0.6 is 11.6 Å². The van der Waals surface area contributed by atoms with Crippen LogP contribution in [-0.2, 0) is 9.31 Å². The van der Waals surface area contributed by atoms with E-state index in [-0.39, 0.29) is 11.8 Å². The number of rotatable bonds is 3. The van der Waals surface area contributed by atoms with Crippen molar-refractivity contribution in [1.82, 2.24) is 4.98 Å².